The Labute approximate surface area is 118 Å². The summed E-state index contributed by atoms with van der Waals surface area (Å²) in [6, 6.07) is 6.61. The molecule has 0 saturated heterocycles. The van der Waals surface area contributed by atoms with Crippen LogP contribution in [0.2, 0.25) is 5.02 Å². The molecular formula is C14H20ClNO3. The fourth-order valence-electron chi connectivity index (χ4n) is 1.52. The number of halogens is 1. The molecule has 106 valence electrons. The first-order chi connectivity index (χ1) is 8.93. The van der Waals surface area contributed by atoms with E-state index < -0.39 is 6.10 Å². The van der Waals surface area contributed by atoms with Crippen molar-refractivity contribution in [3.8, 4) is 5.75 Å². The molecule has 1 rings (SSSR count). The fourth-order valence-corrected chi connectivity index (χ4v) is 1.70. The molecule has 0 bridgehead atoms. The Balaban J connectivity index is 2.57. The molecule has 2 atom stereocenters. The minimum absolute atomic E-state index is 0.0900. The highest BCUT2D eigenvalue weighted by Gasteiger charge is 2.20. The Morgan fingerprint density at radius 2 is 2.11 bits per heavy atom. The summed E-state index contributed by atoms with van der Waals surface area (Å²) < 4.78 is 5.50. The number of rotatable bonds is 6. The standard InChI is InChI=1S/C14H20ClNO3/c1-9(2)13(8-17)16-14(18)10(3)19-12-6-4-5-11(15)7-12/h4-7,9-10,13,17H,8H2,1-3H3,(H,16,18). The highest BCUT2D eigenvalue weighted by molar-refractivity contribution is 6.30. The maximum atomic E-state index is 11.9. The number of hydrogen-bond donors (Lipinski definition) is 2. The second-order valence-electron chi connectivity index (χ2n) is 4.76. The summed E-state index contributed by atoms with van der Waals surface area (Å²) in [6.45, 7) is 5.44. The van der Waals surface area contributed by atoms with Crippen molar-refractivity contribution in [2.45, 2.75) is 32.9 Å². The SMILES string of the molecule is CC(Oc1cccc(Cl)c1)C(=O)NC(CO)C(C)C. The molecule has 0 radical (unpaired) electrons. The second-order valence-corrected chi connectivity index (χ2v) is 5.20. The third-order valence-electron chi connectivity index (χ3n) is 2.81. The summed E-state index contributed by atoms with van der Waals surface area (Å²) in [5, 5.41) is 12.5. The molecule has 1 aromatic carbocycles. The number of carbonyl (C=O) groups is 1. The smallest absolute Gasteiger partial charge is 0.261 e. The first kappa shape index (κ1) is 15.8. The molecule has 4 nitrogen and oxygen atoms in total. The van der Waals surface area contributed by atoms with Gasteiger partial charge in [-0.3, -0.25) is 4.79 Å². The maximum Gasteiger partial charge on any atom is 0.261 e. The molecule has 5 heteroatoms. The summed E-state index contributed by atoms with van der Waals surface area (Å²) >= 11 is 5.84. The average molecular weight is 286 g/mol. The number of amides is 1. The largest absolute Gasteiger partial charge is 0.481 e. The summed E-state index contributed by atoms with van der Waals surface area (Å²) in [7, 11) is 0. The van der Waals surface area contributed by atoms with Gasteiger partial charge in [-0.15, -0.1) is 0 Å². The van der Waals surface area contributed by atoms with Gasteiger partial charge < -0.3 is 15.2 Å². The van der Waals surface area contributed by atoms with E-state index in [-0.39, 0.29) is 24.5 Å². The lowest BCUT2D eigenvalue weighted by Gasteiger charge is -2.22. The van der Waals surface area contributed by atoms with E-state index in [1.165, 1.54) is 0 Å². The van der Waals surface area contributed by atoms with E-state index in [2.05, 4.69) is 5.32 Å². The lowest BCUT2D eigenvalue weighted by Crippen LogP contribution is -2.46. The van der Waals surface area contributed by atoms with Crippen LogP contribution in [0.5, 0.6) is 5.75 Å². The topological polar surface area (TPSA) is 58.6 Å². The number of hydrogen-bond acceptors (Lipinski definition) is 3. The minimum atomic E-state index is -0.647. The average Bonchev–Trinajstić information content (AvgIpc) is 2.35. The highest BCUT2D eigenvalue weighted by Crippen LogP contribution is 2.18. The summed E-state index contributed by atoms with van der Waals surface area (Å²) in [5.41, 5.74) is 0. The number of aliphatic hydroxyl groups excluding tert-OH is 1. The monoisotopic (exact) mass is 285 g/mol. The van der Waals surface area contributed by atoms with Crippen LogP contribution in [0.4, 0.5) is 0 Å². The van der Waals surface area contributed by atoms with Gasteiger partial charge in [0.2, 0.25) is 0 Å². The van der Waals surface area contributed by atoms with Crippen molar-refractivity contribution in [3.63, 3.8) is 0 Å². The van der Waals surface area contributed by atoms with Gasteiger partial charge in [-0.25, -0.2) is 0 Å². The maximum absolute atomic E-state index is 11.9. The van der Waals surface area contributed by atoms with Crippen LogP contribution >= 0.6 is 11.6 Å². The molecule has 1 aromatic rings. The molecule has 0 fully saturated rings. The zero-order chi connectivity index (χ0) is 14.4. The Bertz CT molecular complexity index is 423. The molecule has 2 unspecified atom stereocenters. The van der Waals surface area contributed by atoms with Gasteiger partial charge in [0.05, 0.1) is 12.6 Å². The molecule has 2 N–H and O–H groups in total. The molecule has 19 heavy (non-hydrogen) atoms. The van der Waals surface area contributed by atoms with Crippen LogP contribution in [0.3, 0.4) is 0 Å². The first-order valence-electron chi connectivity index (χ1n) is 6.27. The fraction of sp³-hybridized carbons (Fsp3) is 0.500. The van der Waals surface area contributed by atoms with Crippen molar-refractivity contribution in [2.75, 3.05) is 6.61 Å². The molecular weight excluding hydrogens is 266 g/mol. The van der Waals surface area contributed by atoms with E-state index in [9.17, 15) is 9.90 Å². The first-order valence-corrected chi connectivity index (χ1v) is 6.65. The predicted octanol–water partition coefficient (Wildman–Crippen LogP) is 2.24. The molecule has 0 heterocycles. The normalized spacial score (nSPS) is 14.0. The van der Waals surface area contributed by atoms with Crippen LogP contribution < -0.4 is 10.1 Å². The van der Waals surface area contributed by atoms with E-state index in [1.54, 1.807) is 31.2 Å². The molecule has 0 spiro atoms. The van der Waals surface area contributed by atoms with Gasteiger partial charge in [-0.1, -0.05) is 31.5 Å². The molecule has 1 amide bonds. The van der Waals surface area contributed by atoms with Crippen LogP contribution in [0, 0.1) is 5.92 Å². The zero-order valence-corrected chi connectivity index (χ0v) is 12.1. The van der Waals surface area contributed by atoms with Gasteiger partial charge in [0.25, 0.3) is 5.91 Å². The Morgan fingerprint density at radius 3 is 2.63 bits per heavy atom. The third-order valence-corrected chi connectivity index (χ3v) is 3.04. The highest BCUT2D eigenvalue weighted by atomic mass is 35.5. The number of benzene rings is 1. The van der Waals surface area contributed by atoms with Crippen LogP contribution in [0.25, 0.3) is 0 Å². The predicted molar refractivity (Wildman–Crippen MR) is 75.4 cm³/mol. The van der Waals surface area contributed by atoms with Crippen molar-refractivity contribution in [1.29, 1.82) is 0 Å². The van der Waals surface area contributed by atoms with Gasteiger partial charge in [-0.05, 0) is 31.0 Å². The second kappa shape index (κ2) is 7.36. The molecule has 0 aliphatic rings. The van der Waals surface area contributed by atoms with Crippen LogP contribution in [0.15, 0.2) is 24.3 Å². The summed E-state index contributed by atoms with van der Waals surface area (Å²) in [4.78, 5) is 11.9. The van der Waals surface area contributed by atoms with Gasteiger partial charge in [0.15, 0.2) is 6.10 Å². The minimum Gasteiger partial charge on any atom is -0.481 e. The lowest BCUT2D eigenvalue weighted by molar-refractivity contribution is -0.128. The Kier molecular flexibility index (Phi) is 6.12. The van der Waals surface area contributed by atoms with E-state index in [4.69, 9.17) is 16.3 Å². The Morgan fingerprint density at radius 1 is 1.42 bits per heavy atom. The van der Waals surface area contributed by atoms with Crippen molar-refractivity contribution >= 4 is 17.5 Å². The van der Waals surface area contributed by atoms with Gasteiger partial charge in [-0.2, -0.15) is 0 Å². The van der Waals surface area contributed by atoms with Crippen molar-refractivity contribution in [2.24, 2.45) is 5.92 Å². The summed E-state index contributed by atoms with van der Waals surface area (Å²) in [5.74, 6) is 0.445. The molecule has 0 aromatic heterocycles. The number of carbonyl (C=O) groups excluding carboxylic acids is 1. The van der Waals surface area contributed by atoms with Crippen molar-refractivity contribution in [1.82, 2.24) is 5.32 Å². The number of ether oxygens (including phenoxy) is 1. The third kappa shape index (κ3) is 5.09. The van der Waals surface area contributed by atoms with Crippen molar-refractivity contribution < 1.29 is 14.6 Å². The van der Waals surface area contributed by atoms with Crippen LogP contribution in [-0.2, 0) is 4.79 Å². The molecule has 0 aliphatic heterocycles. The van der Waals surface area contributed by atoms with E-state index >= 15 is 0 Å². The quantitative estimate of drug-likeness (QED) is 0.843. The Hall–Kier alpha value is -1.26. The zero-order valence-electron chi connectivity index (χ0n) is 11.4. The van der Waals surface area contributed by atoms with E-state index in [0.717, 1.165) is 0 Å². The lowest BCUT2D eigenvalue weighted by atomic mass is 10.1. The molecule has 0 aliphatic carbocycles. The summed E-state index contributed by atoms with van der Waals surface area (Å²) in [6.07, 6.45) is -0.647. The van der Waals surface area contributed by atoms with E-state index in [0.29, 0.717) is 10.8 Å². The number of nitrogens with one attached hydrogen (secondary N) is 1. The van der Waals surface area contributed by atoms with Gasteiger partial charge in [0.1, 0.15) is 5.75 Å². The van der Waals surface area contributed by atoms with Gasteiger partial charge in [0, 0.05) is 5.02 Å². The molecule has 0 saturated carbocycles. The van der Waals surface area contributed by atoms with Crippen LogP contribution in [0.1, 0.15) is 20.8 Å². The van der Waals surface area contributed by atoms with Gasteiger partial charge >= 0.3 is 0 Å². The van der Waals surface area contributed by atoms with Crippen molar-refractivity contribution in [3.05, 3.63) is 29.3 Å². The van der Waals surface area contributed by atoms with E-state index in [1.807, 2.05) is 13.8 Å². The van der Waals surface area contributed by atoms with Crippen LogP contribution in [-0.4, -0.2) is 29.8 Å². The number of aliphatic hydroxyl groups is 1.